The van der Waals surface area contributed by atoms with Gasteiger partial charge in [0.15, 0.2) is 11.7 Å². The number of H-pyrrole nitrogens is 1. The van der Waals surface area contributed by atoms with Crippen LogP contribution in [0.15, 0.2) is 47.3 Å². The fourth-order valence-electron chi connectivity index (χ4n) is 2.94. The number of hydrogen-bond acceptors (Lipinski definition) is 7. The molecule has 2 N–H and O–H groups in total. The second kappa shape index (κ2) is 8.88. The van der Waals surface area contributed by atoms with Crippen LogP contribution >= 0.6 is 11.6 Å². The molecular formula is C21H16ClN3O6. The molecule has 9 nitrogen and oxygen atoms in total. The Morgan fingerprint density at radius 3 is 2.52 bits per heavy atom. The first-order chi connectivity index (χ1) is 14.7. The van der Waals surface area contributed by atoms with Crippen molar-refractivity contribution in [2.45, 2.75) is 12.8 Å². The number of para-hydroxylation sites is 1. The highest BCUT2D eigenvalue weighted by Gasteiger charge is 2.38. The lowest BCUT2D eigenvalue weighted by molar-refractivity contribution is -0.148. The summed E-state index contributed by atoms with van der Waals surface area (Å²) in [6.45, 7) is 1.30. The summed E-state index contributed by atoms with van der Waals surface area (Å²) in [5.41, 5.74) is -0.541. The number of carbonyl (C=O) groups is 4. The molecule has 0 unspecified atom stereocenters. The first-order valence-electron chi connectivity index (χ1n) is 8.95. The Morgan fingerprint density at radius 1 is 1.13 bits per heavy atom. The van der Waals surface area contributed by atoms with Crippen LogP contribution in [0.25, 0.3) is 11.0 Å². The van der Waals surface area contributed by atoms with Crippen LogP contribution in [0.2, 0.25) is 5.02 Å². The third-order valence-electron chi connectivity index (χ3n) is 4.43. The van der Waals surface area contributed by atoms with Crippen molar-refractivity contribution < 1.29 is 23.9 Å². The number of carbonyl (C=O) groups excluding carboxylic acids is 4. The zero-order chi connectivity index (χ0) is 22.7. The monoisotopic (exact) mass is 441 g/mol. The SMILES string of the molecule is COC(=O)[C@H](C(=O)C(=O)Nc1ccccc1C(C)=O)c1nc2ccc(Cl)cc2[nH]c1=O. The van der Waals surface area contributed by atoms with Gasteiger partial charge >= 0.3 is 5.97 Å². The molecule has 0 aliphatic carbocycles. The van der Waals surface area contributed by atoms with Crippen LogP contribution in [0.3, 0.4) is 0 Å². The minimum absolute atomic E-state index is 0.0898. The van der Waals surface area contributed by atoms with Gasteiger partial charge in [-0.2, -0.15) is 0 Å². The van der Waals surface area contributed by atoms with E-state index >= 15 is 0 Å². The van der Waals surface area contributed by atoms with Gasteiger partial charge in [-0.15, -0.1) is 0 Å². The van der Waals surface area contributed by atoms with Gasteiger partial charge in [-0.25, -0.2) is 4.98 Å². The van der Waals surface area contributed by atoms with Crippen molar-refractivity contribution >= 4 is 51.8 Å². The van der Waals surface area contributed by atoms with Crippen molar-refractivity contribution in [1.29, 1.82) is 0 Å². The number of fused-ring (bicyclic) bond motifs is 1. The van der Waals surface area contributed by atoms with Gasteiger partial charge in [0.1, 0.15) is 5.69 Å². The van der Waals surface area contributed by atoms with E-state index in [1.54, 1.807) is 12.1 Å². The molecular weight excluding hydrogens is 426 g/mol. The Kier molecular flexibility index (Phi) is 6.26. The molecule has 0 saturated carbocycles. The predicted molar refractivity (Wildman–Crippen MR) is 112 cm³/mol. The zero-order valence-electron chi connectivity index (χ0n) is 16.4. The van der Waals surface area contributed by atoms with Crippen molar-refractivity contribution in [3.63, 3.8) is 0 Å². The van der Waals surface area contributed by atoms with Gasteiger partial charge in [0.2, 0.25) is 5.78 Å². The Labute approximate surface area is 180 Å². The van der Waals surface area contributed by atoms with E-state index in [1.807, 2.05) is 0 Å². The van der Waals surface area contributed by atoms with Crippen LogP contribution in [0.4, 0.5) is 5.69 Å². The number of amides is 1. The summed E-state index contributed by atoms with van der Waals surface area (Å²) >= 11 is 5.90. The number of Topliss-reactive ketones (excluding diaryl/α,β-unsaturated/α-hetero) is 2. The first-order valence-corrected chi connectivity index (χ1v) is 9.33. The maximum atomic E-state index is 12.9. The highest BCUT2D eigenvalue weighted by molar-refractivity contribution is 6.45. The number of nitrogens with zero attached hydrogens (tertiary/aromatic N) is 1. The van der Waals surface area contributed by atoms with E-state index in [9.17, 15) is 24.0 Å². The van der Waals surface area contributed by atoms with E-state index in [4.69, 9.17) is 11.6 Å². The first kappa shape index (κ1) is 21.8. The zero-order valence-corrected chi connectivity index (χ0v) is 17.1. The van der Waals surface area contributed by atoms with Gasteiger partial charge < -0.3 is 15.0 Å². The number of ketones is 2. The van der Waals surface area contributed by atoms with Crippen molar-refractivity contribution in [3.05, 3.63) is 69.1 Å². The normalized spacial score (nSPS) is 11.6. The van der Waals surface area contributed by atoms with E-state index in [1.165, 1.54) is 37.3 Å². The minimum atomic E-state index is -1.90. The largest absolute Gasteiger partial charge is 0.468 e. The summed E-state index contributed by atoms with van der Waals surface area (Å²) in [6, 6.07) is 10.5. The molecule has 0 bridgehead atoms. The lowest BCUT2D eigenvalue weighted by Crippen LogP contribution is -2.37. The summed E-state index contributed by atoms with van der Waals surface area (Å²) in [6.07, 6.45) is 0. The molecule has 1 amide bonds. The summed E-state index contributed by atoms with van der Waals surface area (Å²) in [4.78, 5) is 68.7. The number of halogens is 1. The number of esters is 1. The molecule has 2 aromatic carbocycles. The van der Waals surface area contributed by atoms with Crippen molar-refractivity contribution in [1.82, 2.24) is 9.97 Å². The Bertz CT molecular complexity index is 1280. The number of nitrogens with one attached hydrogen (secondary N) is 2. The van der Waals surface area contributed by atoms with Crippen LogP contribution in [0.1, 0.15) is 28.9 Å². The molecule has 0 spiro atoms. The number of rotatable bonds is 6. The van der Waals surface area contributed by atoms with Crippen LogP contribution in [0, 0.1) is 0 Å². The van der Waals surface area contributed by atoms with Gasteiger partial charge in [-0.05, 0) is 37.3 Å². The van der Waals surface area contributed by atoms with E-state index in [2.05, 4.69) is 20.0 Å². The number of anilines is 1. The van der Waals surface area contributed by atoms with Gasteiger partial charge in [0, 0.05) is 10.6 Å². The molecule has 0 radical (unpaired) electrons. The van der Waals surface area contributed by atoms with Gasteiger partial charge in [-0.3, -0.25) is 24.0 Å². The molecule has 3 rings (SSSR count). The highest BCUT2D eigenvalue weighted by atomic mass is 35.5. The smallest absolute Gasteiger partial charge is 0.323 e. The molecule has 1 aromatic heterocycles. The molecule has 0 fully saturated rings. The van der Waals surface area contributed by atoms with Gasteiger partial charge in [-0.1, -0.05) is 23.7 Å². The maximum absolute atomic E-state index is 12.9. The molecule has 31 heavy (non-hydrogen) atoms. The molecule has 3 aromatic rings. The topological polar surface area (TPSA) is 135 Å². The van der Waals surface area contributed by atoms with Crippen LogP contribution in [-0.4, -0.2) is 40.5 Å². The molecule has 158 valence electrons. The molecule has 0 aliphatic heterocycles. The number of aromatic amines is 1. The van der Waals surface area contributed by atoms with Gasteiger partial charge in [0.05, 0.1) is 23.8 Å². The Hall–Kier alpha value is -3.85. The Morgan fingerprint density at radius 2 is 1.84 bits per heavy atom. The quantitative estimate of drug-likeness (QED) is 0.259. The standard InChI is InChI=1S/C21H16ClN3O6/c1-10(26)12-5-3-4-6-13(12)24-20(29)18(27)16(21(30)31-2)17-19(28)25-15-9-11(22)7-8-14(15)23-17/h3-9,16H,1-2H3,(H,24,29)(H,25,28)/t16-/m0/s1. The van der Waals surface area contributed by atoms with E-state index in [0.717, 1.165) is 7.11 Å². The fraction of sp³-hybridized carbons (Fsp3) is 0.143. The molecule has 1 heterocycles. The summed E-state index contributed by atoms with van der Waals surface area (Å²) < 4.78 is 4.63. The van der Waals surface area contributed by atoms with E-state index in [-0.39, 0.29) is 28.1 Å². The number of aromatic nitrogens is 2. The second-order valence-electron chi connectivity index (χ2n) is 6.49. The summed E-state index contributed by atoms with van der Waals surface area (Å²) in [7, 11) is 1.01. The molecule has 1 atom stereocenters. The van der Waals surface area contributed by atoms with Gasteiger partial charge in [0.25, 0.3) is 11.5 Å². The van der Waals surface area contributed by atoms with Crippen LogP contribution in [0.5, 0.6) is 0 Å². The summed E-state index contributed by atoms with van der Waals surface area (Å²) in [5, 5.41) is 2.66. The number of hydrogen-bond donors (Lipinski definition) is 2. The van der Waals surface area contributed by atoms with Crippen molar-refractivity contribution in [2.75, 3.05) is 12.4 Å². The third kappa shape index (κ3) is 4.51. The fourth-order valence-corrected chi connectivity index (χ4v) is 3.12. The highest BCUT2D eigenvalue weighted by Crippen LogP contribution is 2.21. The molecule has 10 heteroatoms. The molecule has 0 saturated heterocycles. The Balaban J connectivity index is 2.02. The average molecular weight is 442 g/mol. The average Bonchev–Trinajstić information content (AvgIpc) is 2.74. The predicted octanol–water partition coefficient (Wildman–Crippen LogP) is 2.24. The van der Waals surface area contributed by atoms with E-state index < -0.39 is 34.8 Å². The molecule has 0 aliphatic rings. The van der Waals surface area contributed by atoms with Crippen LogP contribution < -0.4 is 10.9 Å². The number of benzene rings is 2. The number of ether oxygens (including phenoxy) is 1. The third-order valence-corrected chi connectivity index (χ3v) is 4.67. The second-order valence-corrected chi connectivity index (χ2v) is 6.93. The van der Waals surface area contributed by atoms with Crippen LogP contribution in [-0.2, 0) is 19.1 Å². The lowest BCUT2D eigenvalue weighted by Gasteiger charge is -2.14. The maximum Gasteiger partial charge on any atom is 0.323 e. The minimum Gasteiger partial charge on any atom is -0.468 e. The van der Waals surface area contributed by atoms with Crippen molar-refractivity contribution in [3.8, 4) is 0 Å². The van der Waals surface area contributed by atoms with E-state index in [0.29, 0.717) is 5.02 Å². The number of methoxy groups -OCH3 is 1. The summed E-state index contributed by atoms with van der Waals surface area (Å²) in [5.74, 6) is -5.85. The lowest BCUT2D eigenvalue weighted by atomic mass is 9.99. The van der Waals surface area contributed by atoms with Crippen molar-refractivity contribution in [2.24, 2.45) is 0 Å².